The molecule has 2 aromatic rings. The van der Waals surface area contributed by atoms with Gasteiger partial charge in [0.25, 0.3) is 5.91 Å². The molecule has 1 aromatic carbocycles. The van der Waals surface area contributed by atoms with Crippen LogP contribution in [-0.4, -0.2) is 67.3 Å². The SMILES string of the molecule is CCN(CC)S(=O)(=O)c1cccc(C(=O)n2nc(C)c(S(=O)(=O)N3CCCCCC3)c2C)c1. The molecule has 0 radical (unpaired) electrons. The van der Waals surface area contributed by atoms with Gasteiger partial charge in [-0.25, -0.2) is 16.8 Å². The molecule has 9 nitrogen and oxygen atoms in total. The summed E-state index contributed by atoms with van der Waals surface area (Å²) in [5.74, 6) is -0.579. The highest BCUT2D eigenvalue weighted by atomic mass is 32.2. The van der Waals surface area contributed by atoms with Crippen molar-refractivity contribution in [2.45, 2.75) is 63.2 Å². The van der Waals surface area contributed by atoms with Crippen LogP contribution >= 0.6 is 0 Å². The minimum Gasteiger partial charge on any atom is -0.267 e. The summed E-state index contributed by atoms with van der Waals surface area (Å²) in [5.41, 5.74) is 0.586. The first-order valence-electron chi connectivity index (χ1n) is 11.3. The van der Waals surface area contributed by atoms with Gasteiger partial charge in [-0.2, -0.15) is 18.4 Å². The molecule has 0 unspecified atom stereocenters. The lowest BCUT2D eigenvalue weighted by molar-refractivity contribution is 0.0942. The average molecular weight is 497 g/mol. The molecule has 1 aliphatic rings. The Morgan fingerprint density at radius 3 is 2.18 bits per heavy atom. The Morgan fingerprint density at radius 1 is 1.00 bits per heavy atom. The van der Waals surface area contributed by atoms with Gasteiger partial charge < -0.3 is 0 Å². The van der Waals surface area contributed by atoms with E-state index in [1.807, 2.05) is 0 Å². The Morgan fingerprint density at radius 2 is 1.61 bits per heavy atom. The molecule has 11 heteroatoms. The van der Waals surface area contributed by atoms with Crippen LogP contribution in [0.3, 0.4) is 0 Å². The predicted octanol–water partition coefficient (Wildman–Crippen LogP) is 2.78. The molecule has 0 atom stereocenters. The van der Waals surface area contributed by atoms with Gasteiger partial charge in [0.15, 0.2) is 0 Å². The van der Waals surface area contributed by atoms with E-state index >= 15 is 0 Å². The fourth-order valence-corrected chi connectivity index (χ4v) is 7.61. The maximum absolute atomic E-state index is 13.4. The van der Waals surface area contributed by atoms with E-state index in [0.717, 1.165) is 30.4 Å². The van der Waals surface area contributed by atoms with Gasteiger partial charge in [-0.15, -0.1) is 0 Å². The Hall–Kier alpha value is -2.08. The number of aromatic nitrogens is 2. The van der Waals surface area contributed by atoms with Crippen LogP contribution in [-0.2, 0) is 20.0 Å². The summed E-state index contributed by atoms with van der Waals surface area (Å²) >= 11 is 0. The van der Waals surface area contributed by atoms with Crippen molar-refractivity contribution in [1.82, 2.24) is 18.4 Å². The third-order valence-corrected chi connectivity index (χ3v) is 10.2. The molecule has 0 saturated carbocycles. The first-order valence-corrected chi connectivity index (χ1v) is 14.1. The van der Waals surface area contributed by atoms with Crippen molar-refractivity contribution in [3.8, 4) is 0 Å². The lowest BCUT2D eigenvalue weighted by atomic mass is 10.2. The molecule has 0 amide bonds. The van der Waals surface area contributed by atoms with Crippen LogP contribution in [0.4, 0.5) is 0 Å². The molecule has 0 aliphatic carbocycles. The van der Waals surface area contributed by atoms with Gasteiger partial charge in [-0.3, -0.25) is 4.79 Å². The van der Waals surface area contributed by atoms with Crippen molar-refractivity contribution in [3.05, 3.63) is 41.2 Å². The number of nitrogens with zero attached hydrogens (tertiary/aromatic N) is 4. The monoisotopic (exact) mass is 496 g/mol. The molecule has 1 saturated heterocycles. The maximum Gasteiger partial charge on any atom is 0.278 e. The molecule has 1 aliphatic heterocycles. The highest BCUT2D eigenvalue weighted by Crippen LogP contribution is 2.27. The fourth-order valence-electron chi connectivity index (χ4n) is 4.24. The molecule has 0 N–H and O–H groups in total. The molecule has 0 bridgehead atoms. The van der Waals surface area contributed by atoms with Crippen LogP contribution in [0.5, 0.6) is 0 Å². The van der Waals surface area contributed by atoms with Crippen LogP contribution < -0.4 is 0 Å². The normalized spacial score (nSPS) is 16.2. The molecule has 1 aromatic heterocycles. The highest BCUT2D eigenvalue weighted by Gasteiger charge is 2.33. The summed E-state index contributed by atoms with van der Waals surface area (Å²) in [5, 5.41) is 4.23. The van der Waals surface area contributed by atoms with Crippen LogP contribution in [0, 0.1) is 13.8 Å². The smallest absolute Gasteiger partial charge is 0.267 e. The van der Waals surface area contributed by atoms with Gasteiger partial charge in [-0.1, -0.05) is 32.8 Å². The molecule has 2 heterocycles. The van der Waals surface area contributed by atoms with E-state index in [1.54, 1.807) is 27.7 Å². The van der Waals surface area contributed by atoms with Gasteiger partial charge in [0.2, 0.25) is 20.0 Å². The number of carbonyl (C=O) groups excluding carboxylic acids is 1. The van der Waals surface area contributed by atoms with Gasteiger partial charge in [0.05, 0.1) is 16.3 Å². The Bertz CT molecular complexity index is 1220. The fraction of sp³-hybridized carbons (Fsp3) is 0.545. The average Bonchev–Trinajstić information content (AvgIpc) is 2.95. The number of aryl methyl sites for hydroxylation is 1. The lowest BCUT2D eigenvalue weighted by Gasteiger charge is -2.20. The first-order chi connectivity index (χ1) is 15.6. The number of carbonyl (C=O) groups is 1. The minimum atomic E-state index is -3.80. The van der Waals surface area contributed by atoms with E-state index in [9.17, 15) is 21.6 Å². The van der Waals surface area contributed by atoms with E-state index in [4.69, 9.17) is 0 Å². The van der Waals surface area contributed by atoms with Crippen molar-refractivity contribution in [3.63, 3.8) is 0 Å². The third kappa shape index (κ3) is 4.91. The molecule has 0 spiro atoms. The summed E-state index contributed by atoms with van der Waals surface area (Å²) in [7, 11) is -7.54. The lowest BCUT2D eigenvalue weighted by Crippen LogP contribution is -2.32. The van der Waals surface area contributed by atoms with Crippen molar-refractivity contribution in [1.29, 1.82) is 0 Å². The van der Waals surface area contributed by atoms with Crippen molar-refractivity contribution in [2.75, 3.05) is 26.2 Å². The van der Waals surface area contributed by atoms with E-state index < -0.39 is 26.0 Å². The van der Waals surface area contributed by atoms with E-state index in [-0.39, 0.29) is 26.7 Å². The van der Waals surface area contributed by atoms with Crippen LogP contribution in [0.25, 0.3) is 0 Å². The maximum atomic E-state index is 13.4. The number of hydrogen-bond acceptors (Lipinski definition) is 6. The zero-order valence-electron chi connectivity index (χ0n) is 19.6. The zero-order chi connectivity index (χ0) is 24.4. The summed E-state index contributed by atoms with van der Waals surface area (Å²) in [6, 6.07) is 5.77. The van der Waals surface area contributed by atoms with Crippen molar-refractivity contribution >= 4 is 26.0 Å². The molecule has 3 rings (SSSR count). The van der Waals surface area contributed by atoms with Gasteiger partial charge in [0.1, 0.15) is 4.90 Å². The second-order valence-electron chi connectivity index (χ2n) is 8.15. The number of benzene rings is 1. The van der Waals surface area contributed by atoms with E-state index in [1.165, 1.54) is 32.9 Å². The molecular weight excluding hydrogens is 464 g/mol. The highest BCUT2D eigenvalue weighted by molar-refractivity contribution is 7.89. The standard InChI is InChI=1S/C22H32N4O5S2/c1-5-24(6-2)32(28,29)20-13-11-12-19(16-20)22(27)26-18(4)21(17(3)23-26)33(30,31)25-14-9-7-8-10-15-25/h11-13,16H,5-10,14-15H2,1-4H3. The second kappa shape index (κ2) is 10.0. The summed E-state index contributed by atoms with van der Waals surface area (Å²) in [4.78, 5) is 13.3. The number of sulfonamides is 2. The van der Waals surface area contributed by atoms with Gasteiger partial charge in [-0.05, 0) is 44.9 Å². The largest absolute Gasteiger partial charge is 0.278 e. The van der Waals surface area contributed by atoms with Crippen molar-refractivity contribution in [2.24, 2.45) is 0 Å². The molecular formula is C22H32N4O5S2. The Labute approximate surface area is 196 Å². The number of rotatable bonds is 7. The predicted molar refractivity (Wildman–Crippen MR) is 125 cm³/mol. The molecule has 33 heavy (non-hydrogen) atoms. The second-order valence-corrected chi connectivity index (χ2v) is 12.0. The quantitative estimate of drug-likeness (QED) is 0.583. The van der Waals surface area contributed by atoms with Gasteiger partial charge >= 0.3 is 0 Å². The van der Waals surface area contributed by atoms with Crippen LogP contribution in [0.1, 0.15) is 61.3 Å². The minimum absolute atomic E-state index is 0.0102. The summed E-state index contributed by atoms with van der Waals surface area (Å²) < 4.78 is 56.3. The third-order valence-electron chi connectivity index (χ3n) is 6.00. The van der Waals surface area contributed by atoms with Crippen molar-refractivity contribution < 1.29 is 21.6 Å². The zero-order valence-corrected chi connectivity index (χ0v) is 21.2. The first kappa shape index (κ1) is 25.5. The van der Waals surface area contributed by atoms with Gasteiger partial charge in [0, 0.05) is 31.7 Å². The van der Waals surface area contributed by atoms with E-state index in [0.29, 0.717) is 26.2 Å². The molecule has 1 fully saturated rings. The summed E-state index contributed by atoms with van der Waals surface area (Å²) in [6.07, 6.45) is 3.60. The summed E-state index contributed by atoms with van der Waals surface area (Å²) in [6.45, 7) is 8.15. The van der Waals surface area contributed by atoms with E-state index in [2.05, 4.69) is 5.10 Å². The number of hydrogen-bond donors (Lipinski definition) is 0. The molecule has 182 valence electrons. The topological polar surface area (TPSA) is 110 Å². The van der Waals surface area contributed by atoms with Crippen LogP contribution in [0.2, 0.25) is 0 Å². The van der Waals surface area contributed by atoms with Crippen LogP contribution in [0.15, 0.2) is 34.1 Å². The Kier molecular flexibility index (Phi) is 7.77. The Balaban J connectivity index is 2.00.